The van der Waals surface area contributed by atoms with Crippen molar-refractivity contribution in [1.29, 1.82) is 0 Å². The summed E-state index contributed by atoms with van der Waals surface area (Å²) in [5.74, 6) is 1.31. The van der Waals surface area contributed by atoms with Crippen LogP contribution in [0.3, 0.4) is 0 Å². The number of hydrogen-bond acceptors (Lipinski definition) is 5. The van der Waals surface area contributed by atoms with E-state index in [0.717, 1.165) is 5.75 Å². The van der Waals surface area contributed by atoms with Crippen LogP contribution < -0.4 is 21.3 Å². The predicted octanol–water partition coefficient (Wildman–Crippen LogP) is 1.45. The highest BCUT2D eigenvalue weighted by atomic mass is 127. The van der Waals surface area contributed by atoms with E-state index in [1.54, 1.807) is 12.1 Å². The molecule has 0 radical (unpaired) electrons. The Morgan fingerprint density at radius 1 is 1.37 bits per heavy atom. The summed E-state index contributed by atoms with van der Waals surface area (Å²) in [6, 6.07) is 7.18. The minimum Gasteiger partial charge on any atom is -0.492 e. The molecule has 4 N–H and O–H groups in total. The Balaban J connectivity index is 1.82. The molecule has 0 saturated heterocycles. The van der Waals surface area contributed by atoms with E-state index in [9.17, 15) is 4.79 Å². The molecule has 0 atom stereocenters. The molecule has 0 fully saturated rings. The molecule has 0 spiro atoms. The van der Waals surface area contributed by atoms with Crippen molar-refractivity contribution in [2.45, 2.75) is 0 Å². The van der Waals surface area contributed by atoms with Crippen LogP contribution in [0.4, 0.5) is 11.5 Å². The summed E-state index contributed by atoms with van der Waals surface area (Å²) in [5, 5.41) is 3.05. The van der Waals surface area contributed by atoms with Crippen molar-refractivity contribution in [2.75, 3.05) is 24.2 Å². The summed E-state index contributed by atoms with van der Waals surface area (Å²) in [5.41, 5.74) is 6.13. The fourth-order valence-electron chi connectivity index (χ4n) is 1.41. The van der Waals surface area contributed by atoms with E-state index in [1.165, 1.54) is 6.33 Å². The van der Waals surface area contributed by atoms with Crippen molar-refractivity contribution < 1.29 is 4.74 Å². The zero-order valence-electron chi connectivity index (χ0n) is 10.0. The molecule has 1 aromatic carbocycles. The summed E-state index contributed by atoms with van der Waals surface area (Å²) in [6.45, 7) is 1.02. The normalized spacial score (nSPS) is 10.2. The predicted molar refractivity (Wildman–Crippen MR) is 82.4 cm³/mol. The lowest BCUT2D eigenvalue weighted by Crippen LogP contribution is -2.18. The Labute approximate surface area is 123 Å². The highest BCUT2D eigenvalue weighted by Gasteiger charge is 2.03. The van der Waals surface area contributed by atoms with Crippen molar-refractivity contribution in [3.8, 4) is 5.75 Å². The van der Waals surface area contributed by atoms with Crippen molar-refractivity contribution >= 4 is 34.1 Å². The van der Waals surface area contributed by atoms with Crippen LogP contribution in [0, 0.1) is 3.57 Å². The highest BCUT2D eigenvalue weighted by molar-refractivity contribution is 14.1. The van der Waals surface area contributed by atoms with Crippen LogP contribution in [0.15, 0.2) is 35.4 Å². The molecule has 0 saturated carbocycles. The van der Waals surface area contributed by atoms with Gasteiger partial charge < -0.3 is 20.8 Å². The molecule has 0 amide bonds. The van der Waals surface area contributed by atoms with Crippen LogP contribution in [0.1, 0.15) is 0 Å². The zero-order valence-corrected chi connectivity index (χ0v) is 12.2. The number of nitrogens with two attached hydrogens (primary N) is 1. The third kappa shape index (κ3) is 3.85. The van der Waals surface area contributed by atoms with Crippen LogP contribution >= 0.6 is 22.6 Å². The first-order chi connectivity index (χ1) is 9.16. The molecule has 2 aromatic rings. The molecular formula is C12H13IN4O2. The number of aromatic nitrogens is 2. The highest BCUT2D eigenvalue weighted by Crippen LogP contribution is 2.13. The first kappa shape index (κ1) is 13.7. The number of rotatable bonds is 5. The van der Waals surface area contributed by atoms with Gasteiger partial charge in [-0.3, -0.25) is 4.79 Å². The molecule has 100 valence electrons. The number of aromatic amines is 1. The van der Waals surface area contributed by atoms with Crippen molar-refractivity contribution in [3.63, 3.8) is 0 Å². The van der Waals surface area contributed by atoms with Crippen LogP contribution in [0.25, 0.3) is 0 Å². The quantitative estimate of drug-likeness (QED) is 0.420. The van der Waals surface area contributed by atoms with Gasteiger partial charge in [-0.1, -0.05) is 0 Å². The second kappa shape index (κ2) is 6.41. The number of nitrogens with one attached hydrogen (secondary N) is 2. The fraction of sp³-hybridized carbons (Fsp3) is 0.167. The number of nitrogen functional groups attached to an aromatic ring is 1. The smallest absolute Gasteiger partial charge is 0.266 e. The molecule has 6 nitrogen and oxygen atoms in total. The maximum absolute atomic E-state index is 11.3. The second-order valence-corrected chi connectivity index (χ2v) is 4.82. The first-order valence-electron chi connectivity index (χ1n) is 5.62. The van der Waals surface area contributed by atoms with Gasteiger partial charge in [0.1, 0.15) is 21.7 Å². The van der Waals surface area contributed by atoms with Gasteiger partial charge in [0.05, 0.1) is 12.9 Å². The Bertz CT molecular complexity index is 597. The van der Waals surface area contributed by atoms with Gasteiger partial charge in [-0.25, -0.2) is 4.98 Å². The maximum Gasteiger partial charge on any atom is 0.266 e. The lowest BCUT2D eigenvalue weighted by atomic mass is 10.3. The van der Waals surface area contributed by atoms with Crippen LogP contribution in [0.5, 0.6) is 5.75 Å². The maximum atomic E-state index is 11.3. The summed E-state index contributed by atoms with van der Waals surface area (Å²) < 4.78 is 6.05. The van der Waals surface area contributed by atoms with Crippen molar-refractivity contribution in [1.82, 2.24) is 9.97 Å². The van der Waals surface area contributed by atoms with Crippen molar-refractivity contribution in [3.05, 3.63) is 44.5 Å². The minimum atomic E-state index is -0.155. The van der Waals surface area contributed by atoms with Gasteiger partial charge in [-0.05, 0) is 46.9 Å². The molecule has 0 aliphatic rings. The average Bonchev–Trinajstić information content (AvgIpc) is 2.41. The lowest BCUT2D eigenvalue weighted by Gasteiger charge is -2.08. The summed E-state index contributed by atoms with van der Waals surface area (Å²) in [7, 11) is 0. The molecule has 0 bridgehead atoms. The molecule has 7 heteroatoms. The molecule has 0 aliphatic heterocycles. The van der Waals surface area contributed by atoms with Gasteiger partial charge in [0, 0.05) is 5.69 Å². The first-order valence-corrected chi connectivity index (χ1v) is 6.70. The number of ether oxygens (including phenoxy) is 1. The number of halogens is 1. The van der Waals surface area contributed by atoms with Crippen LogP contribution in [0.2, 0.25) is 0 Å². The van der Waals surface area contributed by atoms with Gasteiger partial charge in [-0.15, -0.1) is 0 Å². The van der Waals surface area contributed by atoms with E-state index in [2.05, 4.69) is 15.3 Å². The van der Waals surface area contributed by atoms with Gasteiger partial charge >= 0.3 is 0 Å². The van der Waals surface area contributed by atoms with E-state index >= 15 is 0 Å². The molecule has 19 heavy (non-hydrogen) atoms. The summed E-state index contributed by atoms with van der Waals surface area (Å²) in [6.07, 6.45) is 1.37. The Kier molecular flexibility index (Phi) is 4.61. The third-order valence-corrected chi connectivity index (χ3v) is 3.34. The SMILES string of the molecule is Nc1ccc(OCCNc2nc[nH]c(=O)c2I)cc1. The fourth-order valence-corrected chi connectivity index (χ4v) is 1.89. The van der Waals surface area contributed by atoms with Crippen LogP contribution in [-0.4, -0.2) is 23.1 Å². The Hall–Kier alpha value is -1.77. The van der Waals surface area contributed by atoms with Gasteiger partial charge in [0.15, 0.2) is 0 Å². The molecular weight excluding hydrogens is 359 g/mol. The Morgan fingerprint density at radius 2 is 2.11 bits per heavy atom. The van der Waals surface area contributed by atoms with Gasteiger partial charge in [0.25, 0.3) is 5.56 Å². The van der Waals surface area contributed by atoms with E-state index in [4.69, 9.17) is 10.5 Å². The number of hydrogen-bond donors (Lipinski definition) is 3. The number of anilines is 2. The standard InChI is InChI=1S/C12H13IN4O2/c13-10-11(16-7-17-12(10)18)15-5-6-19-9-3-1-8(14)2-4-9/h1-4,7H,5-6,14H2,(H2,15,16,17,18). The van der Waals surface area contributed by atoms with Crippen molar-refractivity contribution in [2.24, 2.45) is 0 Å². The average molecular weight is 372 g/mol. The number of H-pyrrole nitrogens is 1. The minimum absolute atomic E-state index is 0.155. The monoisotopic (exact) mass is 372 g/mol. The molecule has 1 heterocycles. The molecule has 1 aromatic heterocycles. The number of nitrogens with zero attached hydrogens (tertiary/aromatic N) is 1. The summed E-state index contributed by atoms with van der Waals surface area (Å²) in [4.78, 5) is 17.9. The van der Waals surface area contributed by atoms with E-state index in [0.29, 0.717) is 28.2 Å². The molecule has 2 rings (SSSR count). The van der Waals surface area contributed by atoms with Gasteiger partial charge in [0.2, 0.25) is 0 Å². The van der Waals surface area contributed by atoms with E-state index in [1.807, 2.05) is 34.7 Å². The topological polar surface area (TPSA) is 93.0 Å². The van der Waals surface area contributed by atoms with Crippen LogP contribution in [-0.2, 0) is 0 Å². The Morgan fingerprint density at radius 3 is 2.84 bits per heavy atom. The molecule has 0 aliphatic carbocycles. The number of benzene rings is 1. The summed E-state index contributed by atoms with van der Waals surface area (Å²) >= 11 is 1.95. The third-order valence-electron chi connectivity index (χ3n) is 2.34. The zero-order chi connectivity index (χ0) is 13.7. The van der Waals surface area contributed by atoms with E-state index in [-0.39, 0.29) is 5.56 Å². The van der Waals surface area contributed by atoms with Gasteiger partial charge in [-0.2, -0.15) is 0 Å². The second-order valence-electron chi connectivity index (χ2n) is 3.74. The van der Waals surface area contributed by atoms with E-state index < -0.39 is 0 Å². The molecule has 0 unspecified atom stereocenters. The largest absolute Gasteiger partial charge is 0.492 e. The lowest BCUT2D eigenvalue weighted by molar-refractivity contribution is 0.333.